The van der Waals surface area contributed by atoms with Gasteiger partial charge in [0.05, 0.1) is 12.2 Å². The van der Waals surface area contributed by atoms with Crippen LogP contribution in [-0.2, 0) is 19.1 Å². The zero-order valence-corrected chi connectivity index (χ0v) is 27.5. The van der Waals surface area contributed by atoms with Crippen molar-refractivity contribution in [2.45, 2.75) is 111 Å². The van der Waals surface area contributed by atoms with Crippen molar-refractivity contribution in [2.75, 3.05) is 53.9 Å². The highest BCUT2D eigenvalue weighted by Gasteiger charge is 2.53. The van der Waals surface area contributed by atoms with E-state index in [0.717, 1.165) is 19.5 Å². The standard InChI is InChI=1S/C31H61N3O6/c1-13-26-31(9,38)30(8,37)25(6)34(12)20-21(2)19-29(7,39-18-16-32-15-14-17-33(10)11)24(5)22(3)27(35)23(4)28(36)40-26/h21-26,32,37-38H,13-20H2,1-12H3/t21-,22-,23-,24-,25-,26-,29-,30+,31-/m1/s1. The Bertz CT molecular complexity index is 804. The minimum atomic E-state index is -1.74. The Labute approximate surface area is 244 Å². The lowest BCUT2D eigenvalue weighted by atomic mass is 9.73. The van der Waals surface area contributed by atoms with Crippen molar-refractivity contribution in [2.24, 2.45) is 23.7 Å². The van der Waals surface area contributed by atoms with E-state index in [1.54, 1.807) is 20.8 Å². The molecule has 9 nitrogen and oxygen atoms in total. The molecule has 0 aliphatic carbocycles. The molecule has 0 aromatic rings. The Balaban J connectivity index is 3.30. The van der Waals surface area contributed by atoms with Gasteiger partial charge in [0.25, 0.3) is 0 Å². The summed E-state index contributed by atoms with van der Waals surface area (Å²) < 4.78 is 12.3. The predicted octanol–water partition coefficient (Wildman–Crippen LogP) is 2.96. The summed E-state index contributed by atoms with van der Waals surface area (Å²) >= 11 is 0. The fraction of sp³-hybridized carbons (Fsp3) is 0.935. The Kier molecular flexibility index (Phi) is 14.2. The highest BCUT2D eigenvalue weighted by atomic mass is 16.6. The number of carbonyl (C=O) groups is 2. The van der Waals surface area contributed by atoms with Crippen LogP contribution in [0.5, 0.6) is 0 Å². The van der Waals surface area contributed by atoms with Gasteiger partial charge in [-0.3, -0.25) is 9.59 Å². The number of cyclic esters (lactones) is 1. The van der Waals surface area contributed by atoms with Gasteiger partial charge < -0.3 is 34.8 Å². The number of rotatable bonds is 9. The van der Waals surface area contributed by atoms with Gasteiger partial charge in [-0.15, -0.1) is 0 Å². The van der Waals surface area contributed by atoms with E-state index in [9.17, 15) is 19.8 Å². The molecule has 0 saturated carbocycles. The minimum absolute atomic E-state index is 0.160. The maximum atomic E-state index is 13.6. The van der Waals surface area contributed by atoms with E-state index < -0.39 is 46.8 Å². The topological polar surface area (TPSA) is 112 Å². The molecule has 9 heteroatoms. The molecule has 0 amide bonds. The van der Waals surface area contributed by atoms with Crippen molar-refractivity contribution in [3.63, 3.8) is 0 Å². The van der Waals surface area contributed by atoms with Crippen LogP contribution in [0.4, 0.5) is 0 Å². The van der Waals surface area contributed by atoms with Crippen molar-refractivity contribution in [1.29, 1.82) is 0 Å². The van der Waals surface area contributed by atoms with E-state index in [1.807, 2.05) is 32.7 Å². The summed E-state index contributed by atoms with van der Waals surface area (Å²) in [6, 6.07) is -0.447. The third-order valence-corrected chi connectivity index (χ3v) is 9.72. The van der Waals surface area contributed by atoms with Crippen LogP contribution in [0.15, 0.2) is 0 Å². The maximum Gasteiger partial charge on any atom is 0.316 e. The van der Waals surface area contributed by atoms with Crippen molar-refractivity contribution < 1.29 is 29.3 Å². The van der Waals surface area contributed by atoms with Gasteiger partial charge in [-0.05, 0) is 99.9 Å². The number of aliphatic hydroxyl groups is 2. The number of esters is 1. The quantitative estimate of drug-likeness (QED) is 0.218. The molecule has 0 aromatic heterocycles. The number of ketones is 1. The van der Waals surface area contributed by atoms with Crippen molar-refractivity contribution in [3.05, 3.63) is 0 Å². The van der Waals surface area contributed by atoms with Gasteiger partial charge in [0, 0.05) is 25.0 Å². The third kappa shape index (κ3) is 9.20. The molecular formula is C31H61N3O6. The zero-order chi connectivity index (χ0) is 31.1. The SMILES string of the molecule is CC[C@H]1OC(=O)[C@H](C)C(=O)[C@H](C)[C@@H](C)[C@](C)(OCCNCCCN(C)C)C[C@@H](C)CN(C)[C@H](C)[C@](C)(O)[C@]1(C)O. The first-order valence-electron chi connectivity index (χ1n) is 15.2. The van der Waals surface area contributed by atoms with Crippen LogP contribution >= 0.6 is 0 Å². The molecule has 1 aliphatic rings. The molecule has 9 atom stereocenters. The predicted molar refractivity (Wildman–Crippen MR) is 160 cm³/mol. The number of carbonyl (C=O) groups excluding carboxylic acids is 2. The van der Waals surface area contributed by atoms with Gasteiger partial charge >= 0.3 is 5.97 Å². The van der Waals surface area contributed by atoms with E-state index in [1.165, 1.54) is 6.92 Å². The maximum absolute atomic E-state index is 13.6. The van der Waals surface area contributed by atoms with Gasteiger partial charge in [0.2, 0.25) is 0 Å². The highest BCUT2D eigenvalue weighted by molar-refractivity contribution is 5.99. The Hall–Kier alpha value is -1.10. The van der Waals surface area contributed by atoms with Gasteiger partial charge in [0.1, 0.15) is 29.0 Å². The molecule has 0 unspecified atom stereocenters. The summed E-state index contributed by atoms with van der Waals surface area (Å²) in [5.74, 6) is -2.33. The number of hydrogen-bond donors (Lipinski definition) is 3. The minimum Gasteiger partial charge on any atom is -0.459 e. The van der Waals surface area contributed by atoms with Crippen LogP contribution in [0.1, 0.15) is 81.6 Å². The van der Waals surface area contributed by atoms with Crippen molar-refractivity contribution in [3.8, 4) is 0 Å². The second kappa shape index (κ2) is 15.4. The summed E-state index contributed by atoms with van der Waals surface area (Å²) in [6.07, 6.45) is 1.06. The number of nitrogens with one attached hydrogen (secondary N) is 1. The summed E-state index contributed by atoms with van der Waals surface area (Å²) in [7, 11) is 6.06. The molecule has 0 aromatic carbocycles. The first-order chi connectivity index (χ1) is 18.3. The molecule has 1 heterocycles. The van der Waals surface area contributed by atoms with Gasteiger partial charge in [-0.2, -0.15) is 0 Å². The lowest BCUT2D eigenvalue weighted by Gasteiger charge is -2.49. The van der Waals surface area contributed by atoms with Crippen molar-refractivity contribution in [1.82, 2.24) is 15.1 Å². The third-order valence-electron chi connectivity index (χ3n) is 9.72. The molecule has 1 saturated heterocycles. The highest BCUT2D eigenvalue weighted by Crippen LogP contribution is 2.38. The number of nitrogens with zero attached hydrogens (tertiary/aromatic N) is 2. The fourth-order valence-electron chi connectivity index (χ4n) is 6.09. The summed E-state index contributed by atoms with van der Waals surface area (Å²) in [5.41, 5.74) is -3.96. The van der Waals surface area contributed by atoms with Crippen LogP contribution in [0, 0.1) is 23.7 Å². The fourth-order valence-corrected chi connectivity index (χ4v) is 6.09. The molecule has 236 valence electrons. The van der Waals surface area contributed by atoms with E-state index in [4.69, 9.17) is 9.47 Å². The second-order valence-electron chi connectivity index (χ2n) is 13.3. The molecule has 0 bridgehead atoms. The number of ether oxygens (including phenoxy) is 2. The number of hydrogen-bond acceptors (Lipinski definition) is 9. The molecule has 0 spiro atoms. The summed E-state index contributed by atoms with van der Waals surface area (Å²) in [4.78, 5) is 31.0. The van der Waals surface area contributed by atoms with Crippen LogP contribution in [0.2, 0.25) is 0 Å². The smallest absolute Gasteiger partial charge is 0.316 e. The van der Waals surface area contributed by atoms with Crippen LogP contribution in [-0.4, -0.2) is 115 Å². The summed E-state index contributed by atoms with van der Waals surface area (Å²) in [6.45, 7) is 20.3. The number of Topliss-reactive ketones (excluding diaryl/α,β-unsaturated/α-hetero) is 1. The Morgan fingerprint density at radius 2 is 1.65 bits per heavy atom. The van der Waals surface area contributed by atoms with E-state index in [0.29, 0.717) is 32.5 Å². The first-order valence-corrected chi connectivity index (χ1v) is 15.2. The molecule has 1 fully saturated rings. The average molecular weight is 572 g/mol. The van der Waals surface area contributed by atoms with Crippen LogP contribution < -0.4 is 5.32 Å². The van der Waals surface area contributed by atoms with E-state index in [2.05, 4.69) is 38.2 Å². The lowest BCUT2D eigenvalue weighted by Crippen LogP contribution is -2.66. The Morgan fingerprint density at radius 1 is 1.05 bits per heavy atom. The second-order valence-corrected chi connectivity index (χ2v) is 13.3. The van der Waals surface area contributed by atoms with E-state index >= 15 is 0 Å². The molecule has 3 N–H and O–H groups in total. The molecule has 40 heavy (non-hydrogen) atoms. The Morgan fingerprint density at radius 3 is 2.20 bits per heavy atom. The van der Waals surface area contributed by atoms with Crippen LogP contribution in [0.25, 0.3) is 0 Å². The monoisotopic (exact) mass is 571 g/mol. The first kappa shape index (κ1) is 36.9. The molecule has 0 radical (unpaired) electrons. The lowest BCUT2D eigenvalue weighted by molar-refractivity contribution is -0.221. The van der Waals surface area contributed by atoms with Gasteiger partial charge in [0.15, 0.2) is 0 Å². The molecular weight excluding hydrogens is 510 g/mol. The largest absolute Gasteiger partial charge is 0.459 e. The van der Waals surface area contributed by atoms with Crippen LogP contribution in [0.3, 0.4) is 0 Å². The number of likely N-dealkylation sites (N-methyl/N-ethyl adjacent to an activating group) is 1. The van der Waals surface area contributed by atoms with E-state index in [-0.39, 0.29) is 17.6 Å². The average Bonchev–Trinajstić information content (AvgIpc) is 2.87. The molecule has 1 aliphatic heterocycles. The summed E-state index contributed by atoms with van der Waals surface area (Å²) in [5, 5.41) is 26.6. The normalized spacial score (nSPS) is 39.6. The van der Waals surface area contributed by atoms with Crippen molar-refractivity contribution >= 4 is 11.8 Å². The van der Waals surface area contributed by atoms with Gasteiger partial charge in [-0.1, -0.05) is 27.7 Å². The molecule has 1 rings (SSSR count). The van der Waals surface area contributed by atoms with Gasteiger partial charge in [-0.25, -0.2) is 0 Å². The zero-order valence-electron chi connectivity index (χ0n) is 27.5.